The molecule has 0 saturated heterocycles. The Hall–Kier alpha value is -3.63. The summed E-state index contributed by atoms with van der Waals surface area (Å²) in [5.74, 6) is -0.782. The van der Waals surface area contributed by atoms with Gasteiger partial charge in [0.25, 0.3) is 5.91 Å². The second kappa shape index (κ2) is 6.19. The standard InChI is InChI=1S/C18H14F3N7O/c19-18(20,21)28-14(4-6-24-28)17(29)26-8-5-12-15(23-10-22-12)16(26)13-9-11-3-1-2-7-27(11)25-13/h1-4,6-7,9-10,16H,5,8H2,(H,22,23)/t16-/m0/s1. The Morgan fingerprint density at radius 3 is 2.90 bits per heavy atom. The molecule has 1 amide bonds. The molecule has 1 atom stereocenters. The number of amides is 1. The first kappa shape index (κ1) is 17.5. The number of nitrogens with zero attached hydrogens (tertiary/aromatic N) is 6. The zero-order valence-corrected chi connectivity index (χ0v) is 14.8. The largest absolute Gasteiger partial charge is 0.505 e. The van der Waals surface area contributed by atoms with Crippen molar-refractivity contribution < 1.29 is 18.0 Å². The van der Waals surface area contributed by atoms with E-state index in [0.29, 0.717) is 17.8 Å². The first-order valence-electron chi connectivity index (χ1n) is 8.82. The number of H-pyrrole nitrogens is 1. The first-order chi connectivity index (χ1) is 13.9. The third kappa shape index (κ3) is 2.77. The molecule has 1 aliphatic rings. The zero-order chi connectivity index (χ0) is 20.2. The van der Waals surface area contributed by atoms with Crippen molar-refractivity contribution in [3.05, 3.63) is 71.8 Å². The van der Waals surface area contributed by atoms with Crippen molar-refractivity contribution in [1.82, 2.24) is 34.3 Å². The summed E-state index contributed by atoms with van der Waals surface area (Å²) in [6.45, 7) is 0.218. The number of carbonyl (C=O) groups is 1. The summed E-state index contributed by atoms with van der Waals surface area (Å²) < 4.78 is 41.2. The third-order valence-electron chi connectivity index (χ3n) is 4.96. The molecule has 0 spiro atoms. The minimum absolute atomic E-state index is 0.212. The highest BCUT2D eigenvalue weighted by Gasteiger charge is 2.41. The number of hydrogen-bond donors (Lipinski definition) is 1. The molecule has 0 aliphatic carbocycles. The van der Waals surface area contributed by atoms with Crippen molar-refractivity contribution in [1.29, 1.82) is 0 Å². The van der Waals surface area contributed by atoms with Crippen LogP contribution in [0.25, 0.3) is 5.52 Å². The lowest BCUT2D eigenvalue weighted by molar-refractivity contribution is -0.213. The first-order valence-corrected chi connectivity index (χ1v) is 8.82. The fourth-order valence-corrected chi connectivity index (χ4v) is 3.70. The number of carbonyl (C=O) groups excluding carboxylic acids is 1. The lowest BCUT2D eigenvalue weighted by Gasteiger charge is -2.34. The van der Waals surface area contributed by atoms with Gasteiger partial charge in [-0.3, -0.25) is 4.79 Å². The molecular weight excluding hydrogens is 387 g/mol. The summed E-state index contributed by atoms with van der Waals surface area (Å²) >= 11 is 0. The van der Waals surface area contributed by atoms with E-state index < -0.39 is 23.9 Å². The van der Waals surface area contributed by atoms with E-state index in [1.54, 1.807) is 16.8 Å². The summed E-state index contributed by atoms with van der Waals surface area (Å²) in [4.78, 5) is 21.9. The minimum Gasteiger partial charge on any atom is -0.348 e. The Morgan fingerprint density at radius 2 is 2.10 bits per heavy atom. The van der Waals surface area contributed by atoms with Gasteiger partial charge in [-0.2, -0.15) is 14.9 Å². The normalized spacial score (nSPS) is 16.9. The molecule has 0 unspecified atom stereocenters. The van der Waals surface area contributed by atoms with Gasteiger partial charge in [0.05, 0.1) is 29.4 Å². The van der Waals surface area contributed by atoms with Crippen LogP contribution >= 0.6 is 0 Å². The van der Waals surface area contributed by atoms with E-state index in [4.69, 9.17) is 0 Å². The lowest BCUT2D eigenvalue weighted by atomic mass is 9.99. The number of pyridine rings is 1. The maximum atomic E-state index is 13.3. The van der Waals surface area contributed by atoms with E-state index in [-0.39, 0.29) is 11.2 Å². The quantitative estimate of drug-likeness (QED) is 0.560. The van der Waals surface area contributed by atoms with Crippen LogP contribution in [0.5, 0.6) is 0 Å². The average Bonchev–Trinajstić information content (AvgIpc) is 3.44. The molecule has 0 aromatic carbocycles. The molecule has 148 valence electrons. The fourth-order valence-electron chi connectivity index (χ4n) is 3.70. The van der Waals surface area contributed by atoms with Crippen LogP contribution in [-0.4, -0.2) is 46.7 Å². The Balaban J connectivity index is 1.62. The van der Waals surface area contributed by atoms with Crippen LogP contribution in [0, 0.1) is 0 Å². The van der Waals surface area contributed by atoms with Gasteiger partial charge in [-0.1, -0.05) is 6.07 Å². The van der Waals surface area contributed by atoms with Crippen LogP contribution in [0.2, 0.25) is 0 Å². The van der Waals surface area contributed by atoms with E-state index in [0.717, 1.165) is 23.5 Å². The number of nitrogens with one attached hydrogen (secondary N) is 1. The molecule has 4 aromatic heterocycles. The monoisotopic (exact) mass is 401 g/mol. The Kier molecular flexibility index (Phi) is 3.73. The molecule has 0 saturated carbocycles. The van der Waals surface area contributed by atoms with Crippen LogP contribution in [0.1, 0.15) is 33.6 Å². The topological polar surface area (TPSA) is 84.1 Å². The van der Waals surface area contributed by atoms with Gasteiger partial charge in [0.2, 0.25) is 0 Å². The predicted molar refractivity (Wildman–Crippen MR) is 93.9 cm³/mol. The van der Waals surface area contributed by atoms with E-state index in [2.05, 4.69) is 20.2 Å². The summed E-state index contributed by atoms with van der Waals surface area (Å²) in [6.07, 6.45) is -0.102. The van der Waals surface area contributed by atoms with Crippen LogP contribution < -0.4 is 0 Å². The van der Waals surface area contributed by atoms with Crippen molar-refractivity contribution in [2.45, 2.75) is 18.8 Å². The second-order valence-corrected chi connectivity index (χ2v) is 6.65. The van der Waals surface area contributed by atoms with Crippen molar-refractivity contribution in [2.24, 2.45) is 0 Å². The van der Waals surface area contributed by atoms with E-state index in [9.17, 15) is 18.0 Å². The highest BCUT2D eigenvalue weighted by atomic mass is 19.4. The van der Waals surface area contributed by atoms with Gasteiger partial charge >= 0.3 is 6.30 Å². The van der Waals surface area contributed by atoms with Crippen LogP contribution in [0.15, 0.2) is 49.1 Å². The number of hydrogen-bond acceptors (Lipinski definition) is 4. The molecule has 5 rings (SSSR count). The molecule has 0 bridgehead atoms. The number of halogens is 3. The SMILES string of the molecule is O=C(c1ccnn1C(F)(F)F)N1CCc2[nH]cnc2[C@@H]1c1cc2ccccn2n1. The molecule has 8 nitrogen and oxygen atoms in total. The van der Waals surface area contributed by atoms with E-state index in [1.807, 2.05) is 18.2 Å². The molecule has 0 fully saturated rings. The van der Waals surface area contributed by atoms with Crippen LogP contribution in [0.3, 0.4) is 0 Å². The highest BCUT2D eigenvalue weighted by Crippen LogP contribution is 2.35. The maximum absolute atomic E-state index is 13.3. The molecule has 11 heteroatoms. The third-order valence-corrected chi connectivity index (χ3v) is 4.96. The summed E-state index contributed by atoms with van der Waals surface area (Å²) in [6, 6.07) is 7.68. The van der Waals surface area contributed by atoms with E-state index >= 15 is 0 Å². The van der Waals surface area contributed by atoms with E-state index in [1.165, 1.54) is 11.2 Å². The number of imidazole rings is 1. The second-order valence-electron chi connectivity index (χ2n) is 6.65. The predicted octanol–water partition coefficient (Wildman–Crippen LogP) is 2.52. The fraction of sp³-hybridized carbons (Fsp3) is 0.222. The van der Waals surface area contributed by atoms with Gasteiger partial charge in [-0.15, -0.1) is 13.2 Å². The average molecular weight is 401 g/mol. The lowest BCUT2D eigenvalue weighted by Crippen LogP contribution is -2.42. The smallest absolute Gasteiger partial charge is 0.348 e. The summed E-state index contributed by atoms with van der Waals surface area (Å²) in [7, 11) is 0. The molecule has 29 heavy (non-hydrogen) atoms. The van der Waals surface area contributed by atoms with Gasteiger partial charge in [-0.25, -0.2) is 9.50 Å². The number of rotatable bonds is 2. The van der Waals surface area contributed by atoms with Gasteiger partial charge in [0.15, 0.2) is 0 Å². The molecule has 5 heterocycles. The van der Waals surface area contributed by atoms with Crippen molar-refractivity contribution in [2.75, 3.05) is 6.54 Å². The Labute approximate surface area is 161 Å². The summed E-state index contributed by atoms with van der Waals surface area (Å²) in [5.41, 5.74) is 2.19. The molecule has 1 aliphatic heterocycles. The Bertz CT molecular complexity index is 1170. The molecule has 4 aromatic rings. The number of alkyl halides is 3. The number of fused-ring (bicyclic) bond motifs is 2. The molecular formula is C18H14F3N7O. The van der Waals surface area contributed by atoms with Crippen molar-refractivity contribution in [3.8, 4) is 0 Å². The summed E-state index contributed by atoms with van der Waals surface area (Å²) in [5, 5.41) is 7.80. The zero-order valence-electron chi connectivity index (χ0n) is 14.8. The van der Waals surface area contributed by atoms with Gasteiger partial charge in [0.1, 0.15) is 11.7 Å². The van der Waals surface area contributed by atoms with Crippen molar-refractivity contribution >= 4 is 11.4 Å². The highest BCUT2D eigenvalue weighted by molar-refractivity contribution is 5.93. The van der Waals surface area contributed by atoms with Crippen LogP contribution in [-0.2, 0) is 12.7 Å². The van der Waals surface area contributed by atoms with Gasteiger partial charge in [0, 0.05) is 24.9 Å². The van der Waals surface area contributed by atoms with Crippen molar-refractivity contribution in [3.63, 3.8) is 0 Å². The number of aromatic amines is 1. The number of aromatic nitrogens is 6. The van der Waals surface area contributed by atoms with Gasteiger partial charge < -0.3 is 9.88 Å². The van der Waals surface area contributed by atoms with Gasteiger partial charge in [-0.05, 0) is 24.3 Å². The maximum Gasteiger partial charge on any atom is 0.505 e. The Morgan fingerprint density at radius 1 is 1.24 bits per heavy atom. The molecule has 1 N–H and O–H groups in total. The minimum atomic E-state index is -4.79. The molecule has 0 radical (unpaired) electrons. The van der Waals surface area contributed by atoms with Crippen LogP contribution in [0.4, 0.5) is 13.2 Å².